The molecule has 1 N–H and O–H groups in total. The Morgan fingerprint density at radius 3 is 2.43 bits per heavy atom. The highest BCUT2D eigenvalue weighted by Gasteiger charge is 2.28. The molecule has 1 aliphatic rings. The van der Waals surface area contributed by atoms with E-state index in [0.717, 1.165) is 13.0 Å². The van der Waals surface area contributed by atoms with Crippen LogP contribution in [0.3, 0.4) is 0 Å². The van der Waals surface area contributed by atoms with Gasteiger partial charge in [-0.1, -0.05) is 20.8 Å². The molecule has 0 saturated heterocycles. The molecule has 0 saturated carbocycles. The van der Waals surface area contributed by atoms with Gasteiger partial charge in [0.1, 0.15) is 13.2 Å². The van der Waals surface area contributed by atoms with E-state index in [-0.39, 0.29) is 22.6 Å². The molecule has 0 spiro atoms. The molecular formula is C15H22N2O4. The van der Waals surface area contributed by atoms with E-state index in [0.29, 0.717) is 30.3 Å². The predicted molar refractivity (Wildman–Crippen MR) is 80.3 cm³/mol. The maximum atomic E-state index is 11.4. The molecule has 0 amide bonds. The molecule has 0 aliphatic carbocycles. The Morgan fingerprint density at radius 1 is 1.29 bits per heavy atom. The zero-order valence-electron chi connectivity index (χ0n) is 12.7. The third-order valence-corrected chi connectivity index (χ3v) is 3.89. The van der Waals surface area contributed by atoms with Crippen molar-refractivity contribution in [3.05, 3.63) is 27.8 Å². The van der Waals surface area contributed by atoms with Gasteiger partial charge in [-0.2, -0.15) is 0 Å². The number of nitro groups is 1. The lowest BCUT2D eigenvalue weighted by atomic mass is 9.90. The van der Waals surface area contributed by atoms with Crippen LogP contribution in [0.1, 0.15) is 38.7 Å². The molecule has 0 bridgehead atoms. The molecular weight excluding hydrogens is 272 g/mol. The Kier molecular flexibility index (Phi) is 5.01. The van der Waals surface area contributed by atoms with Gasteiger partial charge in [0.2, 0.25) is 0 Å². The van der Waals surface area contributed by atoms with Crippen LogP contribution in [0.5, 0.6) is 11.5 Å². The number of ether oxygens (including phenoxy) is 2. The second-order valence-electron chi connectivity index (χ2n) is 5.17. The Labute approximate surface area is 124 Å². The van der Waals surface area contributed by atoms with Gasteiger partial charge in [-0.05, 0) is 19.0 Å². The number of nitrogens with zero attached hydrogens (tertiary/aromatic N) is 1. The van der Waals surface area contributed by atoms with E-state index in [2.05, 4.69) is 12.2 Å². The molecule has 1 aromatic carbocycles. The number of fused-ring (bicyclic) bond motifs is 1. The lowest BCUT2D eigenvalue weighted by Gasteiger charge is -2.25. The zero-order valence-corrected chi connectivity index (χ0v) is 12.7. The van der Waals surface area contributed by atoms with Crippen LogP contribution in [0, 0.1) is 10.1 Å². The van der Waals surface area contributed by atoms with E-state index in [1.807, 2.05) is 13.8 Å². The largest absolute Gasteiger partial charge is 0.486 e. The molecule has 1 aliphatic heterocycles. The minimum atomic E-state index is -0.344. The lowest BCUT2D eigenvalue weighted by molar-refractivity contribution is -0.385. The zero-order chi connectivity index (χ0) is 15.4. The summed E-state index contributed by atoms with van der Waals surface area (Å²) in [7, 11) is 0. The molecule has 0 aromatic heterocycles. The minimum Gasteiger partial charge on any atom is -0.486 e. The summed E-state index contributed by atoms with van der Waals surface area (Å²) in [6.45, 7) is 7.86. The number of hydrogen-bond donors (Lipinski definition) is 1. The fourth-order valence-electron chi connectivity index (χ4n) is 2.77. The highest BCUT2D eigenvalue weighted by atomic mass is 16.6. The number of hydrogen-bond acceptors (Lipinski definition) is 5. The van der Waals surface area contributed by atoms with Gasteiger partial charge in [0.25, 0.3) is 5.69 Å². The van der Waals surface area contributed by atoms with Crippen LogP contribution < -0.4 is 14.8 Å². The number of rotatable bonds is 6. The average molecular weight is 294 g/mol. The summed E-state index contributed by atoms with van der Waals surface area (Å²) in [6, 6.07) is 3.44. The molecule has 6 heteroatoms. The average Bonchev–Trinajstić information content (AvgIpc) is 2.50. The fraction of sp³-hybridized carbons (Fsp3) is 0.600. The normalized spacial score (nSPS) is 16.3. The van der Waals surface area contributed by atoms with Crippen molar-refractivity contribution >= 4 is 5.69 Å². The predicted octanol–water partition coefficient (Wildman–Crippen LogP) is 2.86. The summed E-state index contributed by atoms with van der Waals surface area (Å²) >= 11 is 0. The molecule has 6 nitrogen and oxygen atoms in total. The van der Waals surface area contributed by atoms with Crippen LogP contribution in [0.15, 0.2) is 12.1 Å². The van der Waals surface area contributed by atoms with Gasteiger partial charge in [-0.25, -0.2) is 0 Å². The van der Waals surface area contributed by atoms with Crippen molar-refractivity contribution < 1.29 is 14.4 Å². The van der Waals surface area contributed by atoms with Crippen LogP contribution in [-0.4, -0.2) is 30.7 Å². The Morgan fingerprint density at radius 2 is 1.90 bits per heavy atom. The minimum absolute atomic E-state index is 0.0196. The number of benzene rings is 1. The first-order valence-electron chi connectivity index (χ1n) is 7.39. The van der Waals surface area contributed by atoms with E-state index in [9.17, 15) is 10.1 Å². The highest BCUT2D eigenvalue weighted by molar-refractivity contribution is 5.56. The van der Waals surface area contributed by atoms with Crippen molar-refractivity contribution in [2.45, 2.75) is 39.2 Å². The lowest BCUT2D eigenvalue weighted by Crippen LogP contribution is -2.33. The highest BCUT2D eigenvalue weighted by Crippen LogP contribution is 2.40. The summed E-state index contributed by atoms with van der Waals surface area (Å²) in [5.74, 6) is 1.08. The summed E-state index contributed by atoms with van der Waals surface area (Å²) in [5.41, 5.74) is 0.792. The summed E-state index contributed by atoms with van der Waals surface area (Å²) in [5, 5.41) is 14.8. The molecule has 116 valence electrons. The molecule has 0 radical (unpaired) electrons. The van der Waals surface area contributed by atoms with Crippen LogP contribution in [0.25, 0.3) is 0 Å². The third kappa shape index (κ3) is 3.26. The first kappa shape index (κ1) is 15.6. The third-order valence-electron chi connectivity index (χ3n) is 3.89. The SMILES string of the molecule is CCNC(CC)C(C)c1cc2c(cc1[N+](=O)[O-])OCCO2. The van der Waals surface area contributed by atoms with Crippen LogP contribution in [0.2, 0.25) is 0 Å². The van der Waals surface area contributed by atoms with Crippen molar-refractivity contribution in [3.63, 3.8) is 0 Å². The maximum Gasteiger partial charge on any atom is 0.276 e. The molecule has 1 heterocycles. The smallest absolute Gasteiger partial charge is 0.276 e. The van der Waals surface area contributed by atoms with Gasteiger partial charge < -0.3 is 14.8 Å². The van der Waals surface area contributed by atoms with Crippen molar-refractivity contribution in [3.8, 4) is 11.5 Å². The Bertz CT molecular complexity index is 519. The van der Waals surface area contributed by atoms with Crippen molar-refractivity contribution in [2.24, 2.45) is 0 Å². The van der Waals surface area contributed by atoms with Gasteiger partial charge in [0, 0.05) is 17.5 Å². The summed E-state index contributed by atoms with van der Waals surface area (Å²) < 4.78 is 11.0. The second kappa shape index (κ2) is 6.76. The van der Waals surface area contributed by atoms with Gasteiger partial charge in [0.15, 0.2) is 11.5 Å². The van der Waals surface area contributed by atoms with Crippen LogP contribution in [-0.2, 0) is 0 Å². The van der Waals surface area contributed by atoms with Crippen LogP contribution >= 0.6 is 0 Å². The number of nitro benzene ring substituents is 1. The first-order valence-corrected chi connectivity index (χ1v) is 7.39. The molecule has 2 unspecified atom stereocenters. The Hall–Kier alpha value is -1.82. The second-order valence-corrected chi connectivity index (χ2v) is 5.17. The van der Waals surface area contributed by atoms with Crippen molar-refractivity contribution in [2.75, 3.05) is 19.8 Å². The number of nitrogens with one attached hydrogen (secondary N) is 1. The fourth-order valence-corrected chi connectivity index (χ4v) is 2.77. The van der Waals surface area contributed by atoms with E-state index in [1.165, 1.54) is 6.07 Å². The van der Waals surface area contributed by atoms with E-state index in [1.54, 1.807) is 6.07 Å². The van der Waals surface area contributed by atoms with E-state index < -0.39 is 0 Å². The first-order chi connectivity index (χ1) is 10.1. The van der Waals surface area contributed by atoms with Crippen molar-refractivity contribution in [1.29, 1.82) is 0 Å². The molecule has 21 heavy (non-hydrogen) atoms. The summed E-state index contributed by atoms with van der Waals surface area (Å²) in [4.78, 5) is 11.0. The van der Waals surface area contributed by atoms with E-state index >= 15 is 0 Å². The quantitative estimate of drug-likeness (QED) is 0.645. The molecule has 2 atom stereocenters. The summed E-state index contributed by atoms with van der Waals surface area (Å²) in [6.07, 6.45) is 0.903. The van der Waals surface area contributed by atoms with Gasteiger partial charge in [0.05, 0.1) is 11.0 Å². The maximum absolute atomic E-state index is 11.4. The number of likely N-dealkylation sites (N-methyl/N-ethyl adjacent to an activating group) is 1. The molecule has 1 aromatic rings. The van der Waals surface area contributed by atoms with E-state index in [4.69, 9.17) is 9.47 Å². The van der Waals surface area contributed by atoms with Gasteiger partial charge >= 0.3 is 0 Å². The topological polar surface area (TPSA) is 73.6 Å². The Balaban J connectivity index is 2.42. The molecule has 0 fully saturated rings. The standard InChI is InChI=1S/C15H22N2O4/c1-4-12(16-5-2)10(3)11-8-14-15(21-7-6-20-14)9-13(11)17(18)19/h8-10,12,16H,4-7H2,1-3H3. The van der Waals surface area contributed by atoms with Crippen molar-refractivity contribution in [1.82, 2.24) is 5.32 Å². The van der Waals surface area contributed by atoms with Crippen LogP contribution in [0.4, 0.5) is 5.69 Å². The molecule has 2 rings (SSSR count). The monoisotopic (exact) mass is 294 g/mol. The van der Waals surface area contributed by atoms with Gasteiger partial charge in [-0.15, -0.1) is 0 Å². The van der Waals surface area contributed by atoms with Gasteiger partial charge in [-0.3, -0.25) is 10.1 Å².